The van der Waals surface area contributed by atoms with Crippen LogP contribution in [0.25, 0.3) is 0 Å². The van der Waals surface area contributed by atoms with Gasteiger partial charge in [0.05, 0.1) is 12.8 Å². The van der Waals surface area contributed by atoms with Gasteiger partial charge in [-0.2, -0.15) is 0 Å². The predicted molar refractivity (Wildman–Crippen MR) is 107 cm³/mol. The summed E-state index contributed by atoms with van der Waals surface area (Å²) >= 11 is 0. The maximum Gasteiger partial charge on any atom is 0.258 e. The van der Waals surface area contributed by atoms with Gasteiger partial charge in [-0.15, -0.1) is 0 Å². The number of anilines is 2. The van der Waals surface area contributed by atoms with E-state index in [2.05, 4.69) is 5.32 Å². The number of hydrogen-bond acceptors (Lipinski definition) is 3. The molecule has 0 aliphatic rings. The summed E-state index contributed by atoms with van der Waals surface area (Å²) in [7, 11) is 3.27. The number of nitrogens with one attached hydrogen (secondary N) is 1. The van der Waals surface area contributed by atoms with Crippen LogP contribution in [0.2, 0.25) is 0 Å². The van der Waals surface area contributed by atoms with Crippen molar-refractivity contribution in [3.63, 3.8) is 0 Å². The fourth-order valence-electron chi connectivity index (χ4n) is 2.67. The van der Waals surface area contributed by atoms with E-state index in [9.17, 15) is 9.59 Å². The Morgan fingerprint density at radius 1 is 0.815 bits per heavy atom. The van der Waals surface area contributed by atoms with Crippen LogP contribution in [0, 0.1) is 0 Å². The highest BCUT2D eigenvalue weighted by molar-refractivity contribution is 6.08. The summed E-state index contributed by atoms with van der Waals surface area (Å²) in [4.78, 5) is 26.6. The van der Waals surface area contributed by atoms with Crippen molar-refractivity contribution < 1.29 is 14.3 Å². The average Bonchev–Trinajstić information content (AvgIpc) is 2.73. The van der Waals surface area contributed by atoms with E-state index in [-0.39, 0.29) is 11.8 Å². The predicted octanol–water partition coefficient (Wildman–Crippen LogP) is 4.22. The highest BCUT2D eigenvalue weighted by Gasteiger charge is 2.15. The molecule has 0 atom stereocenters. The van der Waals surface area contributed by atoms with Crippen molar-refractivity contribution in [2.75, 3.05) is 24.4 Å². The van der Waals surface area contributed by atoms with Crippen LogP contribution in [0.3, 0.4) is 0 Å². The van der Waals surface area contributed by atoms with Crippen LogP contribution >= 0.6 is 0 Å². The van der Waals surface area contributed by atoms with Gasteiger partial charge in [0.25, 0.3) is 11.8 Å². The molecule has 0 bridgehead atoms. The molecule has 0 heterocycles. The van der Waals surface area contributed by atoms with Gasteiger partial charge >= 0.3 is 0 Å². The highest BCUT2D eigenvalue weighted by atomic mass is 16.5. The number of rotatable bonds is 5. The van der Waals surface area contributed by atoms with Crippen LogP contribution < -0.4 is 15.0 Å². The molecule has 2 amide bonds. The second kappa shape index (κ2) is 8.19. The summed E-state index contributed by atoms with van der Waals surface area (Å²) in [5.41, 5.74) is 2.37. The Morgan fingerprint density at radius 2 is 1.41 bits per heavy atom. The third-order valence-corrected chi connectivity index (χ3v) is 4.20. The van der Waals surface area contributed by atoms with Gasteiger partial charge in [0.1, 0.15) is 5.75 Å². The molecule has 0 aliphatic heterocycles. The first kappa shape index (κ1) is 18.2. The third kappa shape index (κ3) is 4.15. The van der Waals surface area contributed by atoms with E-state index in [1.807, 2.05) is 42.5 Å². The molecule has 1 N–H and O–H groups in total. The molecular weight excluding hydrogens is 340 g/mol. The van der Waals surface area contributed by atoms with Crippen molar-refractivity contribution in [1.82, 2.24) is 0 Å². The Bertz CT molecular complexity index is 937. The molecule has 3 aromatic rings. The summed E-state index contributed by atoms with van der Waals surface area (Å²) in [6.45, 7) is 0. The first-order valence-electron chi connectivity index (χ1n) is 8.47. The van der Waals surface area contributed by atoms with Crippen molar-refractivity contribution in [2.45, 2.75) is 0 Å². The van der Waals surface area contributed by atoms with E-state index >= 15 is 0 Å². The summed E-state index contributed by atoms with van der Waals surface area (Å²) in [5.74, 6) is 0.176. The van der Waals surface area contributed by atoms with Crippen molar-refractivity contribution in [3.8, 4) is 5.75 Å². The number of para-hydroxylation sites is 3. The van der Waals surface area contributed by atoms with Crippen LogP contribution in [0.1, 0.15) is 20.7 Å². The number of carbonyl (C=O) groups is 2. The zero-order chi connectivity index (χ0) is 19.2. The number of nitrogens with zero attached hydrogens (tertiary/aromatic N) is 1. The fourth-order valence-corrected chi connectivity index (χ4v) is 2.67. The third-order valence-electron chi connectivity index (χ3n) is 4.20. The minimum absolute atomic E-state index is 0.141. The maximum atomic E-state index is 12.6. The first-order valence-corrected chi connectivity index (χ1v) is 8.47. The molecule has 0 saturated heterocycles. The van der Waals surface area contributed by atoms with E-state index in [4.69, 9.17) is 4.74 Å². The number of hydrogen-bond donors (Lipinski definition) is 1. The van der Waals surface area contributed by atoms with Crippen LogP contribution in [-0.4, -0.2) is 26.0 Å². The zero-order valence-electron chi connectivity index (χ0n) is 15.2. The fraction of sp³-hybridized carbons (Fsp3) is 0.0909. The molecule has 0 aliphatic carbocycles. The molecule has 0 spiro atoms. The molecular formula is C22H20N2O3. The minimum atomic E-state index is -0.269. The summed E-state index contributed by atoms with van der Waals surface area (Å²) in [6.07, 6.45) is 0. The molecule has 3 rings (SSSR count). The van der Waals surface area contributed by atoms with Crippen molar-refractivity contribution >= 4 is 23.2 Å². The van der Waals surface area contributed by atoms with E-state index in [1.165, 1.54) is 0 Å². The van der Waals surface area contributed by atoms with Crippen LogP contribution in [0.4, 0.5) is 11.4 Å². The molecule has 0 aromatic heterocycles. The molecule has 27 heavy (non-hydrogen) atoms. The van der Waals surface area contributed by atoms with Crippen molar-refractivity contribution in [2.24, 2.45) is 0 Å². The normalized spacial score (nSPS) is 10.1. The summed E-state index contributed by atoms with van der Waals surface area (Å²) < 4.78 is 5.24. The Kier molecular flexibility index (Phi) is 5.52. The molecule has 5 nitrogen and oxygen atoms in total. The van der Waals surface area contributed by atoms with Gasteiger partial charge in [-0.05, 0) is 48.5 Å². The molecule has 0 fully saturated rings. The molecule has 0 radical (unpaired) electrons. The molecule has 0 unspecified atom stereocenters. The second-order valence-electron chi connectivity index (χ2n) is 5.93. The Hall–Kier alpha value is -3.60. The van der Waals surface area contributed by atoms with E-state index < -0.39 is 0 Å². The molecule has 0 saturated carbocycles. The molecule has 5 heteroatoms. The topological polar surface area (TPSA) is 58.6 Å². The van der Waals surface area contributed by atoms with Crippen LogP contribution in [-0.2, 0) is 0 Å². The Balaban J connectivity index is 1.73. The Labute approximate surface area is 158 Å². The molecule has 136 valence electrons. The lowest BCUT2D eigenvalue weighted by atomic mass is 10.1. The van der Waals surface area contributed by atoms with E-state index in [1.54, 1.807) is 55.5 Å². The number of benzene rings is 3. The quantitative estimate of drug-likeness (QED) is 0.741. The lowest BCUT2D eigenvalue weighted by Crippen LogP contribution is -2.26. The SMILES string of the molecule is COc1ccccc1NC(=O)c1ccc(C(=O)N(C)c2ccccc2)cc1. The smallest absolute Gasteiger partial charge is 0.258 e. The average molecular weight is 360 g/mol. The van der Waals surface area contributed by atoms with Gasteiger partial charge in [-0.3, -0.25) is 9.59 Å². The molecule has 3 aromatic carbocycles. The Morgan fingerprint density at radius 3 is 2.07 bits per heavy atom. The number of carbonyl (C=O) groups excluding carboxylic acids is 2. The maximum absolute atomic E-state index is 12.6. The number of ether oxygens (including phenoxy) is 1. The van der Waals surface area contributed by atoms with Crippen LogP contribution in [0.15, 0.2) is 78.9 Å². The van der Waals surface area contributed by atoms with Gasteiger partial charge in [0.15, 0.2) is 0 Å². The van der Waals surface area contributed by atoms with Crippen LogP contribution in [0.5, 0.6) is 5.75 Å². The van der Waals surface area contributed by atoms with E-state index in [0.717, 1.165) is 5.69 Å². The van der Waals surface area contributed by atoms with Gasteiger partial charge in [-0.1, -0.05) is 30.3 Å². The lowest BCUT2D eigenvalue weighted by molar-refractivity contribution is 0.0989. The van der Waals surface area contributed by atoms with Gasteiger partial charge < -0.3 is 15.0 Å². The van der Waals surface area contributed by atoms with Gasteiger partial charge in [-0.25, -0.2) is 0 Å². The zero-order valence-corrected chi connectivity index (χ0v) is 15.2. The highest BCUT2D eigenvalue weighted by Crippen LogP contribution is 2.24. The number of amides is 2. The second-order valence-corrected chi connectivity index (χ2v) is 5.93. The lowest BCUT2D eigenvalue weighted by Gasteiger charge is -2.17. The minimum Gasteiger partial charge on any atom is -0.495 e. The van der Waals surface area contributed by atoms with Gasteiger partial charge in [0, 0.05) is 23.9 Å². The van der Waals surface area contributed by atoms with Gasteiger partial charge in [0.2, 0.25) is 0 Å². The summed E-state index contributed by atoms with van der Waals surface area (Å²) in [6, 6.07) is 23.2. The van der Waals surface area contributed by atoms with Crippen molar-refractivity contribution in [1.29, 1.82) is 0 Å². The summed E-state index contributed by atoms with van der Waals surface area (Å²) in [5, 5.41) is 2.82. The number of methoxy groups -OCH3 is 1. The largest absolute Gasteiger partial charge is 0.495 e. The standard InChI is InChI=1S/C22H20N2O3/c1-24(18-8-4-3-5-9-18)22(26)17-14-12-16(13-15-17)21(25)23-19-10-6-7-11-20(19)27-2/h3-15H,1-2H3,(H,23,25). The van der Waals surface area contributed by atoms with Crippen molar-refractivity contribution in [3.05, 3.63) is 90.0 Å². The van der Waals surface area contributed by atoms with E-state index in [0.29, 0.717) is 22.6 Å². The monoisotopic (exact) mass is 360 g/mol. The first-order chi connectivity index (χ1) is 13.1.